The molecule has 3 unspecified atom stereocenters. The van der Waals surface area contributed by atoms with Crippen molar-refractivity contribution < 1.29 is 37.3 Å². The maximum Gasteiger partial charge on any atom is 0.472 e. The van der Waals surface area contributed by atoms with Crippen molar-refractivity contribution in [3.8, 4) is 0 Å². The van der Waals surface area contributed by atoms with E-state index in [0.29, 0.717) is 23.9 Å². The van der Waals surface area contributed by atoms with Gasteiger partial charge in [-0.05, 0) is 63.9 Å². The van der Waals surface area contributed by atoms with Gasteiger partial charge in [-0.25, -0.2) is 4.57 Å². The van der Waals surface area contributed by atoms with Gasteiger partial charge in [0.15, 0.2) is 0 Å². The Hall–Kier alpha value is -2.03. The van der Waals surface area contributed by atoms with Crippen molar-refractivity contribution >= 4 is 19.7 Å². The minimum Gasteiger partial charge on any atom is -0.456 e. The van der Waals surface area contributed by atoms with E-state index in [9.17, 15) is 19.0 Å². The SMILES string of the molecule is CC/C=C/C/C=C/C/C=C/CCCCCCC(=O)OC(/C=C/CCCCCCCCCCCC)C(COP(=O)(O)OCC[N+](C)(C)C)NC(=O)CCCCCCCCCCCCCCCCCCC. The second kappa shape index (κ2) is 49.5. The first-order valence-corrected chi connectivity index (χ1v) is 30.5. The number of hydrogen-bond donors (Lipinski definition) is 2. The summed E-state index contributed by atoms with van der Waals surface area (Å²) in [7, 11) is 1.49. The van der Waals surface area contributed by atoms with E-state index >= 15 is 0 Å². The summed E-state index contributed by atoms with van der Waals surface area (Å²) < 4.78 is 30.6. The first-order chi connectivity index (χ1) is 33.4. The Kier molecular flexibility index (Phi) is 48.1. The van der Waals surface area contributed by atoms with E-state index in [0.717, 1.165) is 83.5 Å². The first-order valence-electron chi connectivity index (χ1n) is 29.0. The average Bonchev–Trinajstić information content (AvgIpc) is 3.31. The molecular weight excluding hydrogens is 880 g/mol. The molecule has 0 fully saturated rings. The fraction of sp³-hybridized carbons (Fsp3) is 0.831. The van der Waals surface area contributed by atoms with Crippen LogP contribution in [-0.2, 0) is 27.9 Å². The quantitative estimate of drug-likeness (QED) is 0.0205. The van der Waals surface area contributed by atoms with Gasteiger partial charge in [0.2, 0.25) is 5.91 Å². The lowest BCUT2D eigenvalue weighted by atomic mass is 10.0. The molecule has 0 rings (SSSR count). The number of nitrogens with one attached hydrogen (secondary N) is 1. The molecule has 404 valence electrons. The second-order valence-electron chi connectivity index (χ2n) is 20.8. The zero-order chi connectivity index (χ0) is 50.8. The fourth-order valence-corrected chi connectivity index (χ4v) is 9.04. The van der Waals surface area contributed by atoms with Crippen LogP contribution in [0.2, 0.25) is 0 Å². The highest BCUT2D eigenvalue weighted by atomic mass is 31.2. The summed E-state index contributed by atoms with van der Waals surface area (Å²) >= 11 is 0. The fourth-order valence-electron chi connectivity index (χ4n) is 8.31. The largest absolute Gasteiger partial charge is 0.472 e. The molecule has 0 aliphatic heterocycles. The Labute approximate surface area is 427 Å². The van der Waals surface area contributed by atoms with Crippen LogP contribution in [0, 0.1) is 0 Å². The van der Waals surface area contributed by atoms with Gasteiger partial charge >= 0.3 is 13.8 Å². The normalized spacial score (nSPS) is 14.1. The van der Waals surface area contributed by atoms with E-state index in [4.69, 9.17) is 13.8 Å². The molecule has 0 aromatic carbocycles. The molecule has 0 aliphatic rings. The van der Waals surface area contributed by atoms with Crippen LogP contribution in [0.1, 0.15) is 265 Å². The van der Waals surface area contributed by atoms with Gasteiger partial charge in [-0.3, -0.25) is 18.6 Å². The topological polar surface area (TPSA) is 111 Å². The molecule has 0 bridgehead atoms. The van der Waals surface area contributed by atoms with Gasteiger partial charge in [0.25, 0.3) is 0 Å². The molecular formula is C59H112N2O7P+. The van der Waals surface area contributed by atoms with Gasteiger partial charge < -0.3 is 19.4 Å². The van der Waals surface area contributed by atoms with Crippen LogP contribution in [0.4, 0.5) is 0 Å². The van der Waals surface area contributed by atoms with Crippen molar-refractivity contribution in [1.82, 2.24) is 5.32 Å². The number of carbonyl (C=O) groups is 2. The van der Waals surface area contributed by atoms with Crippen molar-refractivity contribution in [2.75, 3.05) is 40.9 Å². The number of quaternary nitrogens is 1. The molecule has 69 heavy (non-hydrogen) atoms. The maximum absolute atomic E-state index is 13.5. The summed E-state index contributed by atoms with van der Waals surface area (Å²) in [4.78, 5) is 37.6. The molecule has 0 spiro atoms. The highest BCUT2D eigenvalue weighted by Gasteiger charge is 2.30. The summed E-state index contributed by atoms with van der Waals surface area (Å²) in [6.07, 6.45) is 59.6. The van der Waals surface area contributed by atoms with Gasteiger partial charge in [0.1, 0.15) is 19.3 Å². The first kappa shape index (κ1) is 67.0. The number of esters is 1. The third-order valence-electron chi connectivity index (χ3n) is 12.8. The predicted molar refractivity (Wildman–Crippen MR) is 295 cm³/mol. The summed E-state index contributed by atoms with van der Waals surface area (Å²) in [6.45, 7) is 6.90. The number of allylic oxidation sites excluding steroid dienone is 7. The van der Waals surface area contributed by atoms with Crippen LogP contribution in [0.5, 0.6) is 0 Å². The van der Waals surface area contributed by atoms with E-state index in [-0.39, 0.29) is 31.5 Å². The Morgan fingerprint density at radius 2 is 0.928 bits per heavy atom. The molecule has 0 radical (unpaired) electrons. The van der Waals surface area contributed by atoms with Crippen molar-refractivity contribution in [1.29, 1.82) is 0 Å². The number of phosphoric ester groups is 1. The van der Waals surface area contributed by atoms with Crippen LogP contribution in [0.15, 0.2) is 48.6 Å². The molecule has 0 heterocycles. The summed E-state index contributed by atoms with van der Waals surface area (Å²) in [5.74, 6) is -0.524. The van der Waals surface area contributed by atoms with Crippen LogP contribution >= 0.6 is 7.82 Å². The number of nitrogens with zero attached hydrogens (tertiary/aromatic N) is 1. The maximum atomic E-state index is 13.5. The monoisotopic (exact) mass is 992 g/mol. The number of phosphoric acid groups is 1. The summed E-state index contributed by atoms with van der Waals surface area (Å²) in [6, 6.07) is -0.854. The van der Waals surface area contributed by atoms with E-state index in [1.54, 1.807) is 0 Å². The zero-order valence-electron chi connectivity index (χ0n) is 46.1. The van der Waals surface area contributed by atoms with Crippen molar-refractivity contribution in [3.05, 3.63) is 48.6 Å². The Morgan fingerprint density at radius 1 is 0.522 bits per heavy atom. The number of unbranched alkanes of at least 4 members (excludes halogenated alkanes) is 30. The molecule has 10 heteroatoms. The van der Waals surface area contributed by atoms with E-state index < -0.39 is 20.0 Å². The number of amides is 1. The Bertz CT molecular complexity index is 1330. The van der Waals surface area contributed by atoms with E-state index in [2.05, 4.69) is 62.5 Å². The third-order valence-corrected chi connectivity index (χ3v) is 13.8. The Morgan fingerprint density at radius 3 is 1.39 bits per heavy atom. The molecule has 9 nitrogen and oxygen atoms in total. The third kappa shape index (κ3) is 50.7. The van der Waals surface area contributed by atoms with Gasteiger partial charge in [0.05, 0.1) is 33.8 Å². The van der Waals surface area contributed by atoms with Crippen molar-refractivity contribution in [2.45, 2.75) is 277 Å². The lowest BCUT2D eigenvalue weighted by Gasteiger charge is -2.27. The summed E-state index contributed by atoms with van der Waals surface area (Å²) in [5, 5.41) is 3.05. The molecule has 0 aromatic heterocycles. The van der Waals surface area contributed by atoms with Crippen molar-refractivity contribution in [3.63, 3.8) is 0 Å². The van der Waals surface area contributed by atoms with Crippen LogP contribution in [-0.4, -0.2) is 74.3 Å². The van der Waals surface area contributed by atoms with Crippen molar-refractivity contribution in [2.24, 2.45) is 0 Å². The van der Waals surface area contributed by atoms with E-state index in [1.807, 2.05) is 33.3 Å². The number of hydrogen-bond acceptors (Lipinski definition) is 6. The van der Waals surface area contributed by atoms with Gasteiger partial charge in [-0.2, -0.15) is 0 Å². The molecule has 0 aromatic rings. The molecule has 0 saturated heterocycles. The second-order valence-corrected chi connectivity index (χ2v) is 22.2. The molecule has 3 atom stereocenters. The zero-order valence-corrected chi connectivity index (χ0v) is 47.0. The van der Waals surface area contributed by atoms with E-state index in [1.165, 1.54) is 141 Å². The average molecular weight is 993 g/mol. The van der Waals surface area contributed by atoms with Gasteiger partial charge in [0, 0.05) is 12.8 Å². The highest BCUT2D eigenvalue weighted by Crippen LogP contribution is 2.43. The molecule has 1 amide bonds. The molecule has 0 saturated carbocycles. The number of likely N-dealkylation sites (N-methyl/N-ethyl adjacent to an activating group) is 1. The minimum absolute atomic E-state index is 0.0373. The van der Waals surface area contributed by atoms with Gasteiger partial charge in [-0.1, -0.05) is 237 Å². The lowest BCUT2D eigenvalue weighted by molar-refractivity contribution is -0.870. The van der Waals surface area contributed by atoms with Crippen LogP contribution < -0.4 is 5.32 Å². The number of ether oxygens (including phenoxy) is 1. The van der Waals surface area contributed by atoms with Gasteiger partial charge in [-0.15, -0.1) is 0 Å². The predicted octanol–water partition coefficient (Wildman–Crippen LogP) is 17.3. The minimum atomic E-state index is -4.45. The standard InChI is InChI=1S/C59H111N2O7P/c1-7-10-13-16-19-22-25-28-30-31-32-33-36-39-42-45-48-51-58(62)60-56(55-67-69(64,65)66-54-53-61(4,5)6)57(50-47-44-41-38-35-27-24-21-18-15-12-9-3)68-59(63)52-49-46-43-40-37-34-29-26-23-20-17-14-11-8-2/h11,14,20,23,29,34,47,50,56-57H,7-10,12-13,15-19,21-22,24-28,30-33,35-46,48-49,51-55H2,1-6H3,(H-,60,62,64,65)/p+1/b14-11+,23-20+,34-29+,50-47+. The molecule has 2 N–H and O–H groups in total. The number of carbonyl (C=O) groups excluding carboxylic acids is 2. The number of rotatable bonds is 52. The smallest absolute Gasteiger partial charge is 0.456 e. The van der Waals surface area contributed by atoms with Crippen LogP contribution in [0.3, 0.4) is 0 Å². The Balaban J connectivity index is 5.34. The van der Waals surface area contributed by atoms with Crippen LogP contribution in [0.25, 0.3) is 0 Å². The highest BCUT2D eigenvalue weighted by molar-refractivity contribution is 7.47. The summed E-state index contributed by atoms with van der Waals surface area (Å²) in [5.41, 5.74) is 0. The molecule has 0 aliphatic carbocycles. The lowest BCUT2D eigenvalue weighted by Crippen LogP contribution is -2.47.